The molecule has 0 amide bonds. The van der Waals surface area contributed by atoms with Crippen molar-refractivity contribution in [2.45, 2.75) is 39.2 Å². The number of benzene rings is 1. The molecule has 0 atom stereocenters. The number of hydrogen-bond donors (Lipinski definition) is 1. The van der Waals surface area contributed by atoms with Crippen LogP contribution in [0.1, 0.15) is 32.3 Å². The minimum Gasteiger partial charge on any atom is -0.384 e. The Morgan fingerprint density at radius 3 is 2.67 bits per heavy atom. The van der Waals surface area contributed by atoms with Crippen LogP contribution >= 0.6 is 0 Å². The maximum Gasteiger partial charge on any atom is 0.0503 e. The molecule has 1 fully saturated rings. The molecular formula is C16H25NO. The van der Waals surface area contributed by atoms with Crippen LogP contribution in [0.15, 0.2) is 24.3 Å². The van der Waals surface area contributed by atoms with Crippen molar-refractivity contribution < 1.29 is 4.74 Å². The standard InChI is InChI=1S/C16H25NO/c1-12(2)14-10-15(11-14)17-16-7-5-4-6-13(16)8-9-18-3/h4-7,12,14-15,17H,8-11H2,1-3H3. The van der Waals surface area contributed by atoms with Crippen LogP contribution in [0.5, 0.6) is 0 Å². The third-order valence-corrected chi connectivity index (χ3v) is 4.07. The lowest BCUT2D eigenvalue weighted by atomic mass is 9.73. The van der Waals surface area contributed by atoms with Gasteiger partial charge in [0, 0.05) is 18.8 Å². The summed E-state index contributed by atoms with van der Waals surface area (Å²) in [6.07, 6.45) is 3.62. The van der Waals surface area contributed by atoms with Gasteiger partial charge in [0.05, 0.1) is 6.61 Å². The summed E-state index contributed by atoms with van der Waals surface area (Å²) in [5.41, 5.74) is 2.66. The molecule has 1 saturated carbocycles. The van der Waals surface area contributed by atoms with E-state index in [0.717, 1.165) is 24.9 Å². The average molecular weight is 247 g/mol. The highest BCUT2D eigenvalue weighted by Crippen LogP contribution is 2.36. The van der Waals surface area contributed by atoms with Crippen LogP contribution in [0.3, 0.4) is 0 Å². The van der Waals surface area contributed by atoms with Crippen LogP contribution in [-0.4, -0.2) is 19.8 Å². The quantitative estimate of drug-likeness (QED) is 0.827. The maximum atomic E-state index is 5.17. The van der Waals surface area contributed by atoms with Gasteiger partial charge in [-0.3, -0.25) is 0 Å². The largest absolute Gasteiger partial charge is 0.384 e. The number of rotatable bonds is 6. The molecule has 0 aliphatic heterocycles. The van der Waals surface area contributed by atoms with E-state index in [2.05, 4.69) is 43.4 Å². The Kier molecular flexibility index (Phi) is 4.65. The molecule has 0 spiro atoms. The Hall–Kier alpha value is -1.02. The monoisotopic (exact) mass is 247 g/mol. The Bertz CT molecular complexity index is 369. The van der Waals surface area contributed by atoms with E-state index >= 15 is 0 Å². The molecular weight excluding hydrogens is 222 g/mol. The first-order valence-electron chi connectivity index (χ1n) is 7.04. The molecule has 100 valence electrons. The van der Waals surface area contributed by atoms with Crippen molar-refractivity contribution in [3.63, 3.8) is 0 Å². The van der Waals surface area contributed by atoms with Crippen molar-refractivity contribution in [1.82, 2.24) is 0 Å². The third kappa shape index (κ3) is 3.26. The summed E-state index contributed by atoms with van der Waals surface area (Å²) in [4.78, 5) is 0. The molecule has 18 heavy (non-hydrogen) atoms. The molecule has 2 nitrogen and oxygen atoms in total. The van der Waals surface area contributed by atoms with Gasteiger partial charge in [-0.25, -0.2) is 0 Å². The number of hydrogen-bond acceptors (Lipinski definition) is 2. The van der Waals surface area contributed by atoms with Crippen molar-refractivity contribution in [3.8, 4) is 0 Å². The zero-order chi connectivity index (χ0) is 13.0. The van der Waals surface area contributed by atoms with Gasteiger partial charge in [0.1, 0.15) is 0 Å². The van der Waals surface area contributed by atoms with Crippen LogP contribution in [0.4, 0.5) is 5.69 Å². The summed E-state index contributed by atoms with van der Waals surface area (Å²) in [7, 11) is 1.76. The van der Waals surface area contributed by atoms with E-state index in [1.807, 2.05) is 0 Å². The second-order valence-electron chi connectivity index (χ2n) is 5.72. The first-order valence-corrected chi connectivity index (χ1v) is 7.04. The second kappa shape index (κ2) is 6.24. The summed E-state index contributed by atoms with van der Waals surface area (Å²) < 4.78 is 5.17. The van der Waals surface area contributed by atoms with E-state index in [-0.39, 0.29) is 0 Å². The molecule has 0 radical (unpaired) electrons. The van der Waals surface area contributed by atoms with Crippen molar-refractivity contribution in [3.05, 3.63) is 29.8 Å². The fourth-order valence-electron chi connectivity index (χ4n) is 2.64. The molecule has 0 bridgehead atoms. The Morgan fingerprint density at radius 2 is 2.00 bits per heavy atom. The third-order valence-electron chi connectivity index (χ3n) is 4.07. The number of anilines is 1. The Labute approximate surface area is 111 Å². The SMILES string of the molecule is COCCc1ccccc1NC1CC(C(C)C)C1. The predicted octanol–water partition coefficient (Wildman–Crippen LogP) is 3.72. The van der Waals surface area contributed by atoms with E-state index in [1.54, 1.807) is 7.11 Å². The van der Waals surface area contributed by atoms with Gasteiger partial charge in [-0.2, -0.15) is 0 Å². The lowest BCUT2D eigenvalue weighted by molar-refractivity contribution is 0.202. The highest BCUT2D eigenvalue weighted by Gasteiger charge is 2.31. The summed E-state index contributed by atoms with van der Waals surface area (Å²) in [6, 6.07) is 9.26. The normalized spacial score (nSPS) is 22.9. The van der Waals surface area contributed by atoms with E-state index in [4.69, 9.17) is 4.74 Å². The lowest BCUT2D eigenvalue weighted by Gasteiger charge is -2.39. The smallest absolute Gasteiger partial charge is 0.0503 e. The fourth-order valence-corrected chi connectivity index (χ4v) is 2.64. The van der Waals surface area contributed by atoms with E-state index < -0.39 is 0 Å². The molecule has 2 heteroatoms. The Morgan fingerprint density at radius 1 is 1.28 bits per heavy atom. The van der Waals surface area contributed by atoms with Gasteiger partial charge in [0.2, 0.25) is 0 Å². The number of nitrogens with one attached hydrogen (secondary N) is 1. The van der Waals surface area contributed by atoms with E-state index in [1.165, 1.54) is 24.1 Å². The number of methoxy groups -OCH3 is 1. The molecule has 2 rings (SSSR count). The van der Waals surface area contributed by atoms with Crippen LogP contribution in [0.25, 0.3) is 0 Å². The van der Waals surface area contributed by atoms with Gasteiger partial charge in [0.15, 0.2) is 0 Å². The zero-order valence-corrected chi connectivity index (χ0v) is 11.8. The predicted molar refractivity (Wildman–Crippen MR) is 77.0 cm³/mol. The summed E-state index contributed by atoms with van der Waals surface area (Å²) >= 11 is 0. The van der Waals surface area contributed by atoms with Gasteiger partial charge >= 0.3 is 0 Å². The molecule has 0 saturated heterocycles. The van der Waals surface area contributed by atoms with E-state index in [9.17, 15) is 0 Å². The summed E-state index contributed by atoms with van der Waals surface area (Å²) in [5, 5.41) is 3.69. The number of ether oxygens (including phenoxy) is 1. The maximum absolute atomic E-state index is 5.17. The van der Waals surface area contributed by atoms with Crippen LogP contribution < -0.4 is 5.32 Å². The zero-order valence-electron chi connectivity index (χ0n) is 11.8. The minimum absolute atomic E-state index is 0.668. The molecule has 1 aromatic rings. The molecule has 0 aromatic heterocycles. The minimum atomic E-state index is 0.668. The van der Waals surface area contributed by atoms with Gasteiger partial charge < -0.3 is 10.1 Å². The van der Waals surface area contributed by atoms with Gasteiger partial charge in [0.25, 0.3) is 0 Å². The second-order valence-corrected chi connectivity index (χ2v) is 5.72. The highest BCUT2D eigenvalue weighted by atomic mass is 16.5. The van der Waals surface area contributed by atoms with Gasteiger partial charge in [-0.05, 0) is 42.7 Å². The molecule has 0 heterocycles. The molecule has 1 N–H and O–H groups in total. The molecule has 0 unspecified atom stereocenters. The van der Waals surface area contributed by atoms with Crippen molar-refractivity contribution in [1.29, 1.82) is 0 Å². The molecule has 1 aliphatic carbocycles. The van der Waals surface area contributed by atoms with Crippen LogP contribution in [0, 0.1) is 11.8 Å². The van der Waals surface area contributed by atoms with Gasteiger partial charge in [-0.15, -0.1) is 0 Å². The number of para-hydroxylation sites is 1. The van der Waals surface area contributed by atoms with Crippen molar-refractivity contribution >= 4 is 5.69 Å². The topological polar surface area (TPSA) is 21.3 Å². The van der Waals surface area contributed by atoms with E-state index in [0.29, 0.717) is 6.04 Å². The molecule has 1 aliphatic rings. The highest BCUT2D eigenvalue weighted by molar-refractivity contribution is 5.52. The van der Waals surface area contributed by atoms with Gasteiger partial charge in [-0.1, -0.05) is 32.0 Å². The summed E-state index contributed by atoms with van der Waals surface area (Å²) in [6.45, 7) is 5.44. The first-order chi connectivity index (χ1) is 8.70. The average Bonchev–Trinajstić information content (AvgIpc) is 2.31. The Balaban J connectivity index is 1.89. The first kappa shape index (κ1) is 13.4. The van der Waals surface area contributed by atoms with Crippen molar-refractivity contribution in [2.24, 2.45) is 11.8 Å². The molecule has 1 aromatic carbocycles. The van der Waals surface area contributed by atoms with Crippen LogP contribution in [-0.2, 0) is 11.2 Å². The fraction of sp³-hybridized carbons (Fsp3) is 0.625. The van der Waals surface area contributed by atoms with Crippen LogP contribution in [0.2, 0.25) is 0 Å². The lowest BCUT2D eigenvalue weighted by Crippen LogP contribution is -2.38. The van der Waals surface area contributed by atoms with Crippen molar-refractivity contribution in [2.75, 3.05) is 19.0 Å². The summed E-state index contributed by atoms with van der Waals surface area (Å²) in [5.74, 6) is 1.74.